The van der Waals surface area contributed by atoms with Gasteiger partial charge in [-0.25, -0.2) is 4.98 Å². The van der Waals surface area contributed by atoms with Gasteiger partial charge in [-0.05, 0) is 59.0 Å². The monoisotopic (exact) mass is 547 g/mol. The van der Waals surface area contributed by atoms with Gasteiger partial charge in [0, 0.05) is 20.3 Å². The molecule has 0 N–H and O–H groups in total. The highest BCUT2D eigenvalue weighted by molar-refractivity contribution is 14.1. The van der Waals surface area contributed by atoms with Crippen molar-refractivity contribution in [1.82, 2.24) is 9.55 Å². The minimum absolute atomic E-state index is 0.515. The molecule has 0 fully saturated rings. The zero-order valence-electron chi connectivity index (χ0n) is 18.2. The molecule has 0 amide bonds. The highest BCUT2D eigenvalue weighted by Crippen LogP contribution is 2.32. The third-order valence-electron chi connectivity index (χ3n) is 5.23. The number of imidazole rings is 1. The summed E-state index contributed by atoms with van der Waals surface area (Å²) in [5.74, 6) is 4.16. The van der Waals surface area contributed by atoms with Crippen molar-refractivity contribution in [3.05, 3.63) is 93.1 Å². The van der Waals surface area contributed by atoms with Gasteiger partial charge in [0.05, 0.1) is 29.9 Å². The van der Waals surface area contributed by atoms with Crippen molar-refractivity contribution in [2.45, 2.75) is 26.2 Å². The maximum absolute atomic E-state index is 5.65. The minimum atomic E-state index is -1.48. The summed E-state index contributed by atoms with van der Waals surface area (Å²) < 4.78 is 8.95. The number of halogens is 1. The molecule has 4 aromatic rings. The van der Waals surface area contributed by atoms with E-state index in [0.29, 0.717) is 6.54 Å². The Hall–Kier alpha value is -2.89. The first-order valence-corrected chi connectivity index (χ1v) is 15.1. The average Bonchev–Trinajstić information content (AvgIpc) is 3.40. The molecule has 4 nitrogen and oxygen atoms in total. The topological polar surface area (TPSA) is 43.3 Å². The summed E-state index contributed by atoms with van der Waals surface area (Å²) in [7, 11) is -1.48. The van der Waals surface area contributed by atoms with Gasteiger partial charge in [0.1, 0.15) is 20.1 Å². The molecule has 0 radical (unpaired) electrons. The number of fused-ring (bicyclic) bond motifs is 3. The number of furan rings is 1. The lowest BCUT2D eigenvalue weighted by Crippen LogP contribution is -2.16. The van der Waals surface area contributed by atoms with Crippen LogP contribution in [0.1, 0.15) is 22.4 Å². The maximum atomic E-state index is 5.65. The van der Waals surface area contributed by atoms with Crippen molar-refractivity contribution in [3.63, 3.8) is 0 Å². The molecule has 5 rings (SSSR count). The van der Waals surface area contributed by atoms with E-state index in [1.54, 1.807) is 6.26 Å². The molecule has 2 aromatic carbocycles. The van der Waals surface area contributed by atoms with Crippen LogP contribution in [0.5, 0.6) is 0 Å². The highest BCUT2D eigenvalue weighted by Gasteiger charge is 2.24. The molecule has 0 bridgehead atoms. The van der Waals surface area contributed by atoms with Crippen LogP contribution in [-0.4, -0.2) is 23.3 Å². The molecular weight excluding hydrogens is 525 g/mol. The standard InChI is InChI=1S/C26H22IN3OSi/c1-32(2,3)14-12-18-10-11-22-20(15-18)25(19-7-4-5-8-21(19)27)28-16-23-26(29-17-30(22)23)24-9-6-13-31-24/h4-11,13,15,17H,16H2,1-3H3. The predicted molar refractivity (Wildman–Crippen MR) is 140 cm³/mol. The minimum Gasteiger partial charge on any atom is -0.463 e. The van der Waals surface area contributed by atoms with E-state index in [9.17, 15) is 0 Å². The Morgan fingerprint density at radius 2 is 1.88 bits per heavy atom. The molecule has 1 aliphatic heterocycles. The summed E-state index contributed by atoms with van der Waals surface area (Å²) >= 11 is 2.39. The van der Waals surface area contributed by atoms with Crippen molar-refractivity contribution in [3.8, 4) is 28.6 Å². The molecule has 158 valence electrons. The predicted octanol–water partition coefficient (Wildman–Crippen LogP) is 6.32. The quantitative estimate of drug-likeness (QED) is 0.168. The Labute approximate surface area is 202 Å². The maximum Gasteiger partial charge on any atom is 0.154 e. The summed E-state index contributed by atoms with van der Waals surface area (Å²) in [5, 5.41) is 0. The lowest BCUT2D eigenvalue weighted by Gasteiger charge is -2.13. The Bertz CT molecular complexity index is 1400. The van der Waals surface area contributed by atoms with E-state index >= 15 is 0 Å². The van der Waals surface area contributed by atoms with E-state index in [2.05, 4.69) is 106 Å². The molecule has 0 aliphatic carbocycles. The Kier molecular flexibility index (Phi) is 5.39. The van der Waals surface area contributed by atoms with Crippen molar-refractivity contribution in [2.24, 2.45) is 4.99 Å². The molecule has 3 heterocycles. The van der Waals surface area contributed by atoms with Crippen molar-refractivity contribution < 1.29 is 4.42 Å². The second-order valence-electron chi connectivity index (χ2n) is 8.76. The first kappa shape index (κ1) is 21.0. The molecule has 0 saturated carbocycles. The van der Waals surface area contributed by atoms with Gasteiger partial charge in [-0.15, -0.1) is 5.54 Å². The summed E-state index contributed by atoms with van der Waals surface area (Å²) in [5.41, 5.74) is 10.6. The molecule has 0 saturated heterocycles. The third-order valence-corrected chi connectivity index (χ3v) is 7.05. The van der Waals surface area contributed by atoms with Gasteiger partial charge in [-0.3, -0.25) is 9.56 Å². The van der Waals surface area contributed by atoms with Gasteiger partial charge in [0.2, 0.25) is 0 Å². The molecule has 32 heavy (non-hydrogen) atoms. The molecule has 0 spiro atoms. The zero-order chi connectivity index (χ0) is 22.3. The van der Waals surface area contributed by atoms with Crippen LogP contribution >= 0.6 is 22.6 Å². The van der Waals surface area contributed by atoms with E-state index in [4.69, 9.17) is 9.41 Å². The zero-order valence-corrected chi connectivity index (χ0v) is 21.3. The number of hydrogen-bond acceptors (Lipinski definition) is 3. The van der Waals surface area contributed by atoms with Gasteiger partial charge in [0.25, 0.3) is 0 Å². The third kappa shape index (κ3) is 3.98. The Morgan fingerprint density at radius 1 is 1.03 bits per heavy atom. The van der Waals surface area contributed by atoms with E-state index in [1.165, 1.54) is 3.57 Å². The van der Waals surface area contributed by atoms with Crippen molar-refractivity contribution in [1.29, 1.82) is 0 Å². The van der Waals surface area contributed by atoms with Crippen LogP contribution in [0.2, 0.25) is 19.6 Å². The fraction of sp³-hybridized carbons (Fsp3) is 0.154. The summed E-state index contributed by atoms with van der Waals surface area (Å²) in [6.07, 6.45) is 3.55. The van der Waals surface area contributed by atoms with Gasteiger partial charge in [-0.2, -0.15) is 0 Å². The van der Waals surface area contributed by atoms with Crippen LogP contribution in [0.3, 0.4) is 0 Å². The largest absolute Gasteiger partial charge is 0.463 e. The van der Waals surface area contributed by atoms with E-state index in [1.807, 2.05) is 18.5 Å². The summed E-state index contributed by atoms with van der Waals surface area (Å²) in [6, 6.07) is 18.6. The van der Waals surface area contributed by atoms with Crippen molar-refractivity contribution >= 4 is 36.4 Å². The van der Waals surface area contributed by atoms with E-state index in [-0.39, 0.29) is 0 Å². The fourth-order valence-corrected chi connectivity index (χ4v) is 4.91. The van der Waals surface area contributed by atoms with Gasteiger partial charge >= 0.3 is 0 Å². The normalized spacial score (nSPS) is 12.8. The average molecular weight is 547 g/mol. The van der Waals surface area contributed by atoms with Gasteiger partial charge < -0.3 is 4.42 Å². The van der Waals surface area contributed by atoms with Crippen LogP contribution in [0, 0.1) is 15.0 Å². The molecule has 0 atom stereocenters. The number of aromatic nitrogens is 2. The van der Waals surface area contributed by atoms with Crippen LogP contribution < -0.4 is 0 Å². The SMILES string of the molecule is C[Si](C)(C)C#Cc1ccc2c(c1)C(c1ccccc1I)=NCc1c(-c3ccco3)ncn1-2. The first-order valence-electron chi connectivity index (χ1n) is 10.5. The number of hydrogen-bond donors (Lipinski definition) is 0. The van der Waals surface area contributed by atoms with Crippen LogP contribution in [0.4, 0.5) is 0 Å². The smallest absolute Gasteiger partial charge is 0.154 e. The summed E-state index contributed by atoms with van der Waals surface area (Å²) in [4.78, 5) is 9.76. The first-order chi connectivity index (χ1) is 15.4. The summed E-state index contributed by atoms with van der Waals surface area (Å²) in [6.45, 7) is 7.30. The number of nitrogens with zero attached hydrogens (tertiary/aromatic N) is 3. The number of aliphatic imine (C=N–C) groups is 1. The van der Waals surface area contributed by atoms with Crippen LogP contribution in [0.25, 0.3) is 17.1 Å². The Balaban J connectivity index is 1.73. The van der Waals surface area contributed by atoms with Crippen LogP contribution in [0.15, 0.2) is 76.6 Å². The Morgan fingerprint density at radius 3 is 2.62 bits per heavy atom. The van der Waals surface area contributed by atoms with Gasteiger partial charge in [-0.1, -0.05) is 43.8 Å². The molecule has 2 aromatic heterocycles. The highest BCUT2D eigenvalue weighted by atomic mass is 127. The second kappa shape index (κ2) is 8.23. The van der Waals surface area contributed by atoms with Gasteiger partial charge in [0.15, 0.2) is 5.76 Å². The van der Waals surface area contributed by atoms with E-state index in [0.717, 1.165) is 45.2 Å². The van der Waals surface area contributed by atoms with E-state index < -0.39 is 8.07 Å². The number of rotatable bonds is 2. The molecule has 0 unspecified atom stereocenters. The second-order valence-corrected chi connectivity index (χ2v) is 14.7. The van der Waals surface area contributed by atoms with Crippen LogP contribution in [-0.2, 0) is 6.54 Å². The molecule has 1 aliphatic rings. The number of benzene rings is 2. The van der Waals surface area contributed by atoms with Crippen molar-refractivity contribution in [2.75, 3.05) is 0 Å². The molecular formula is C26H22IN3OSi. The fourth-order valence-electron chi connectivity index (χ4n) is 3.75. The lowest BCUT2D eigenvalue weighted by atomic mass is 9.98. The lowest BCUT2D eigenvalue weighted by molar-refractivity contribution is 0.579. The molecule has 6 heteroatoms.